The Kier molecular flexibility index (Phi) is 6.35. The number of carbonyl (C=O) groups is 2. The number of hydrogen-bond acceptors (Lipinski definition) is 7. The number of morpholine rings is 1. The molecule has 8 nitrogen and oxygen atoms in total. The third-order valence-electron chi connectivity index (χ3n) is 2.26. The number of ether oxygens (including phenoxy) is 2. The third-order valence-corrected chi connectivity index (χ3v) is 2.26. The van der Waals surface area contributed by atoms with Gasteiger partial charge in [0.1, 0.15) is 11.6 Å². The van der Waals surface area contributed by atoms with E-state index in [4.69, 9.17) is 10.00 Å². The number of amides is 2. The molecule has 0 unspecified atom stereocenters. The van der Waals surface area contributed by atoms with E-state index in [2.05, 4.69) is 10.2 Å². The van der Waals surface area contributed by atoms with Crippen molar-refractivity contribution in [2.75, 3.05) is 32.9 Å². The van der Waals surface area contributed by atoms with Gasteiger partial charge in [-0.25, -0.2) is 9.80 Å². The first-order valence-corrected chi connectivity index (χ1v) is 5.84. The Bertz CT molecular complexity index is 396. The summed E-state index contributed by atoms with van der Waals surface area (Å²) >= 11 is 0. The lowest BCUT2D eigenvalue weighted by Gasteiger charge is -2.26. The number of hydrogen-bond donors (Lipinski definition) is 2. The van der Waals surface area contributed by atoms with Gasteiger partial charge in [-0.2, -0.15) is 5.26 Å². The van der Waals surface area contributed by atoms with E-state index in [1.165, 1.54) is 6.20 Å². The lowest BCUT2D eigenvalue weighted by molar-refractivity contribution is -0.116. The molecule has 0 aliphatic carbocycles. The van der Waals surface area contributed by atoms with E-state index in [0.29, 0.717) is 26.3 Å². The molecule has 8 heteroatoms. The number of rotatable bonds is 4. The SMILES string of the molecule is CCOC(=O)NC(=O)/C(C#N)=C/NN1CCOCC1. The van der Waals surface area contributed by atoms with E-state index in [0.717, 1.165) is 0 Å². The van der Waals surface area contributed by atoms with Crippen molar-refractivity contribution in [1.82, 2.24) is 15.8 Å². The smallest absolute Gasteiger partial charge is 0.414 e. The van der Waals surface area contributed by atoms with E-state index in [9.17, 15) is 9.59 Å². The first-order chi connectivity index (χ1) is 9.17. The summed E-state index contributed by atoms with van der Waals surface area (Å²) in [6.07, 6.45) is 0.375. The summed E-state index contributed by atoms with van der Waals surface area (Å²) in [6, 6.07) is 1.71. The highest BCUT2D eigenvalue weighted by Gasteiger charge is 2.14. The van der Waals surface area contributed by atoms with E-state index < -0.39 is 12.0 Å². The van der Waals surface area contributed by atoms with Gasteiger partial charge in [0.05, 0.1) is 19.8 Å². The summed E-state index contributed by atoms with van der Waals surface area (Å²) in [7, 11) is 0. The normalized spacial score (nSPS) is 16.3. The van der Waals surface area contributed by atoms with Gasteiger partial charge in [-0.15, -0.1) is 0 Å². The molecule has 0 bridgehead atoms. The summed E-state index contributed by atoms with van der Waals surface area (Å²) in [6.45, 7) is 4.22. The Hall–Kier alpha value is -2.11. The number of hydrazine groups is 1. The Morgan fingerprint density at radius 3 is 2.74 bits per heavy atom. The second-order valence-electron chi connectivity index (χ2n) is 3.57. The molecule has 0 aromatic heterocycles. The fourth-order valence-electron chi connectivity index (χ4n) is 1.32. The van der Waals surface area contributed by atoms with Crippen LogP contribution in [0.1, 0.15) is 6.92 Å². The summed E-state index contributed by atoms with van der Waals surface area (Å²) in [5.41, 5.74) is 2.61. The van der Waals surface area contributed by atoms with Gasteiger partial charge in [-0.3, -0.25) is 10.1 Å². The minimum Gasteiger partial charge on any atom is -0.450 e. The zero-order chi connectivity index (χ0) is 14.1. The Morgan fingerprint density at radius 2 is 2.16 bits per heavy atom. The highest BCUT2D eigenvalue weighted by Crippen LogP contribution is 1.95. The summed E-state index contributed by atoms with van der Waals surface area (Å²) in [5, 5.41) is 12.6. The second kappa shape index (κ2) is 8.07. The summed E-state index contributed by atoms with van der Waals surface area (Å²) < 4.78 is 9.70. The van der Waals surface area contributed by atoms with Crippen LogP contribution in [-0.4, -0.2) is 49.9 Å². The largest absolute Gasteiger partial charge is 0.450 e. The molecule has 1 saturated heterocycles. The average Bonchev–Trinajstić information content (AvgIpc) is 2.40. The maximum atomic E-state index is 11.5. The summed E-state index contributed by atoms with van der Waals surface area (Å²) in [4.78, 5) is 22.6. The molecule has 0 saturated carbocycles. The molecule has 0 atom stereocenters. The van der Waals surface area contributed by atoms with Gasteiger partial charge in [0.25, 0.3) is 5.91 Å². The van der Waals surface area contributed by atoms with E-state index in [1.807, 2.05) is 5.32 Å². The third kappa shape index (κ3) is 5.37. The van der Waals surface area contributed by atoms with Crippen LogP contribution in [0.15, 0.2) is 11.8 Å². The van der Waals surface area contributed by atoms with Crippen LogP contribution in [0.5, 0.6) is 0 Å². The van der Waals surface area contributed by atoms with Crippen LogP contribution in [0.25, 0.3) is 0 Å². The quantitative estimate of drug-likeness (QED) is 0.523. The molecule has 2 amide bonds. The topological polar surface area (TPSA) is 104 Å². The molecule has 0 spiro atoms. The predicted molar refractivity (Wildman–Crippen MR) is 64.4 cm³/mol. The summed E-state index contributed by atoms with van der Waals surface area (Å²) in [5.74, 6) is -0.804. The van der Waals surface area contributed by atoms with Crippen LogP contribution >= 0.6 is 0 Å². The van der Waals surface area contributed by atoms with Crippen molar-refractivity contribution in [1.29, 1.82) is 5.26 Å². The molecule has 1 fully saturated rings. The molecular weight excluding hydrogens is 252 g/mol. The zero-order valence-corrected chi connectivity index (χ0v) is 10.6. The fourth-order valence-corrected chi connectivity index (χ4v) is 1.32. The monoisotopic (exact) mass is 268 g/mol. The number of imide groups is 1. The minimum absolute atomic E-state index is 0.150. The number of carbonyl (C=O) groups excluding carboxylic acids is 2. The predicted octanol–water partition coefficient (Wildman–Crippen LogP) is -0.497. The van der Waals surface area contributed by atoms with E-state index in [-0.39, 0.29) is 12.2 Å². The molecule has 0 aromatic carbocycles. The van der Waals surface area contributed by atoms with Crippen LogP contribution in [0.3, 0.4) is 0 Å². The standard InChI is InChI=1S/C11H16N4O4/c1-2-19-11(17)14-10(16)9(7-12)8-13-15-3-5-18-6-4-15/h8,13H,2-6H2,1H3,(H,14,16,17)/b9-8+. The number of alkyl carbamates (subject to hydrolysis) is 1. The number of nitriles is 1. The van der Waals surface area contributed by atoms with Crippen LogP contribution in [-0.2, 0) is 14.3 Å². The molecule has 1 heterocycles. The Labute approximate surface area is 110 Å². The molecular formula is C11H16N4O4. The highest BCUT2D eigenvalue weighted by molar-refractivity contribution is 6.04. The zero-order valence-electron chi connectivity index (χ0n) is 10.6. The van der Waals surface area contributed by atoms with Crippen molar-refractivity contribution >= 4 is 12.0 Å². The highest BCUT2D eigenvalue weighted by atomic mass is 16.5. The molecule has 0 aromatic rings. The van der Waals surface area contributed by atoms with E-state index >= 15 is 0 Å². The molecule has 2 N–H and O–H groups in total. The lowest BCUT2D eigenvalue weighted by atomic mass is 10.3. The van der Waals surface area contributed by atoms with Crippen LogP contribution in [0, 0.1) is 11.3 Å². The first kappa shape index (κ1) is 14.9. The van der Waals surface area contributed by atoms with Crippen LogP contribution in [0.4, 0.5) is 4.79 Å². The molecule has 19 heavy (non-hydrogen) atoms. The maximum absolute atomic E-state index is 11.5. The van der Waals surface area contributed by atoms with Crippen LogP contribution < -0.4 is 10.7 Å². The van der Waals surface area contributed by atoms with Gasteiger partial charge >= 0.3 is 6.09 Å². The van der Waals surface area contributed by atoms with Crippen molar-refractivity contribution in [3.8, 4) is 6.07 Å². The second-order valence-corrected chi connectivity index (χ2v) is 3.57. The van der Waals surface area contributed by atoms with Gasteiger partial charge in [-0.05, 0) is 6.92 Å². The van der Waals surface area contributed by atoms with Gasteiger partial charge in [-0.1, -0.05) is 0 Å². The molecule has 0 radical (unpaired) electrons. The lowest BCUT2D eigenvalue weighted by Crippen LogP contribution is -2.43. The van der Waals surface area contributed by atoms with Crippen LogP contribution in [0.2, 0.25) is 0 Å². The molecule has 1 aliphatic heterocycles. The molecule has 1 aliphatic rings. The molecule has 104 valence electrons. The Balaban J connectivity index is 2.48. The van der Waals surface area contributed by atoms with E-state index in [1.54, 1.807) is 18.0 Å². The van der Waals surface area contributed by atoms with Crippen molar-refractivity contribution in [3.63, 3.8) is 0 Å². The van der Waals surface area contributed by atoms with Crippen molar-refractivity contribution in [2.24, 2.45) is 0 Å². The maximum Gasteiger partial charge on any atom is 0.414 e. The first-order valence-electron chi connectivity index (χ1n) is 5.84. The minimum atomic E-state index is -0.875. The Morgan fingerprint density at radius 1 is 1.47 bits per heavy atom. The molecule has 1 rings (SSSR count). The van der Waals surface area contributed by atoms with Gasteiger partial charge in [0.15, 0.2) is 0 Å². The fraction of sp³-hybridized carbons (Fsp3) is 0.545. The van der Waals surface area contributed by atoms with Crippen molar-refractivity contribution in [3.05, 3.63) is 11.8 Å². The number of nitrogens with one attached hydrogen (secondary N) is 2. The van der Waals surface area contributed by atoms with Gasteiger partial charge in [0, 0.05) is 19.3 Å². The van der Waals surface area contributed by atoms with Crippen molar-refractivity contribution in [2.45, 2.75) is 6.92 Å². The average molecular weight is 268 g/mol. The van der Waals surface area contributed by atoms with Gasteiger partial charge in [0.2, 0.25) is 0 Å². The van der Waals surface area contributed by atoms with Gasteiger partial charge < -0.3 is 14.9 Å². The van der Waals surface area contributed by atoms with Crippen molar-refractivity contribution < 1.29 is 19.1 Å². The number of nitrogens with zero attached hydrogens (tertiary/aromatic N) is 2.